The van der Waals surface area contributed by atoms with Crippen LogP contribution >= 0.6 is 11.6 Å². The summed E-state index contributed by atoms with van der Waals surface area (Å²) in [6.45, 7) is 4.32. The number of carbonyl (C=O) groups is 2. The summed E-state index contributed by atoms with van der Waals surface area (Å²) in [7, 11) is 2.95. The van der Waals surface area contributed by atoms with Crippen molar-refractivity contribution >= 4 is 34.7 Å². The van der Waals surface area contributed by atoms with E-state index in [0.29, 0.717) is 29.4 Å². The maximum absolute atomic E-state index is 13.5. The molecule has 192 valence electrons. The zero-order valence-corrected chi connectivity index (χ0v) is 21.8. The van der Waals surface area contributed by atoms with Crippen LogP contribution in [-0.2, 0) is 9.59 Å². The summed E-state index contributed by atoms with van der Waals surface area (Å²) in [4.78, 5) is 28.4. The maximum Gasteiger partial charge on any atom is 0.300 e. The summed E-state index contributed by atoms with van der Waals surface area (Å²) >= 11 is 6.38. The second kappa shape index (κ2) is 11.0. The first-order valence-electron chi connectivity index (χ1n) is 11.8. The number of Topliss-reactive ketones (excluding diaryl/α,β-unsaturated/α-hetero) is 1. The number of rotatable bonds is 8. The van der Waals surface area contributed by atoms with E-state index in [0.717, 1.165) is 12.0 Å². The van der Waals surface area contributed by atoms with Gasteiger partial charge >= 0.3 is 0 Å². The van der Waals surface area contributed by atoms with Crippen molar-refractivity contribution in [2.45, 2.75) is 26.3 Å². The van der Waals surface area contributed by atoms with E-state index in [4.69, 9.17) is 25.8 Å². The van der Waals surface area contributed by atoms with Gasteiger partial charge < -0.3 is 19.3 Å². The predicted octanol–water partition coefficient (Wildman–Crippen LogP) is 6.08. The van der Waals surface area contributed by atoms with Gasteiger partial charge in [-0.2, -0.15) is 0 Å². The van der Waals surface area contributed by atoms with E-state index in [9.17, 15) is 14.7 Å². The van der Waals surface area contributed by atoms with Gasteiger partial charge in [-0.15, -0.1) is 0 Å². The first kappa shape index (κ1) is 26.1. The Balaban J connectivity index is 1.98. The molecule has 0 aliphatic carbocycles. The number of aliphatic hydroxyl groups excluding tert-OH is 1. The molecule has 0 bridgehead atoms. The summed E-state index contributed by atoms with van der Waals surface area (Å²) in [5.41, 5.74) is 1.93. The Labute approximate surface area is 220 Å². The molecule has 1 amide bonds. The average molecular weight is 522 g/mol. The van der Waals surface area contributed by atoms with Crippen molar-refractivity contribution in [1.29, 1.82) is 0 Å². The van der Waals surface area contributed by atoms with Crippen LogP contribution in [0.2, 0.25) is 5.02 Å². The van der Waals surface area contributed by atoms with E-state index in [1.807, 2.05) is 13.8 Å². The number of halogens is 1. The Morgan fingerprint density at radius 2 is 1.73 bits per heavy atom. The molecule has 1 aliphatic heterocycles. The van der Waals surface area contributed by atoms with E-state index in [1.165, 1.54) is 19.1 Å². The van der Waals surface area contributed by atoms with Crippen molar-refractivity contribution in [1.82, 2.24) is 0 Å². The highest BCUT2D eigenvalue weighted by atomic mass is 35.5. The van der Waals surface area contributed by atoms with E-state index in [1.54, 1.807) is 60.7 Å². The molecule has 8 heteroatoms. The van der Waals surface area contributed by atoms with Crippen LogP contribution in [0.15, 0.2) is 66.2 Å². The molecule has 0 saturated carbocycles. The van der Waals surface area contributed by atoms with E-state index < -0.39 is 17.7 Å². The number of anilines is 1. The number of benzene rings is 3. The molecule has 0 aromatic heterocycles. The lowest BCUT2D eigenvalue weighted by molar-refractivity contribution is -0.132. The number of carbonyl (C=O) groups excluding carboxylic acids is 2. The van der Waals surface area contributed by atoms with E-state index >= 15 is 0 Å². The van der Waals surface area contributed by atoms with Gasteiger partial charge in [0.15, 0.2) is 0 Å². The largest absolute Gasteiger partial charge is 0.507 e. The van der Waals surface area contributed by atoms with Crippen molar-refractivity contribution < 1.29 is 28.9 Å². The summed E-state index contributed by atoms with van der Waals surface area (Å²) in [6, 6.07) is 16.4. The van der Waals surface area contributed by atoms with Gasteiger partial charge in [0.05, 0.1) is 43.0 Å². The second-order valence-electron chi connectivity index (χ2n) is 8.62. The average Bonchev–Trinajstić information content (AvgIpc) is 3.17. The molecule has 1 saturated heterocycles. The van der Waals surface area contributed by atoms with Gasteiger partial charge in [-0.3, -0.25) is 14.5 Å². The monoisotopic (exact) mass is 521 g/mol. The van der Waals surface area contributed by atoms with Crippen LogP contribution in [0.5, 0.6) is 17.2 Å². The van der Waals surface area contributed by atoms with Crippen molar-refractivity contribution in [3.8, 4) is 17.2 Å². The highest BCUT2D eigenvalue weighted by Gasteiger charge is 2.47. The fourth-order valence-electron chi connectivity index (χ4n) is 4.43. The smallest absolute Gasteiger partial charge is 0.300 e. The van der Waals surface area contributed by atoms with Gasteiger partial charge in [0.1, 0.15) is 23.0 Å². The zero-order chi connectivity index (χ0) is 26.7. The molecule has 3 aromatic carbocycles. The maximum atomic E-state index is 13.5. The molecule has 1 fully saturated rings. The highest BCUT2D eigenvalue weighted by Crippen LogP contribution is 2.45. The molecule has 1 N–H and O–H groups in total. The molecule has 3 aromatic rings. The van der Waals surface area contributed by atoms with Gasteiger partial charge in [0, 0.05) is 11.8 Å². The molecular formula is C29H28ClNO6. The third-order valence-corrected chi connectivity index (χ3v) is 6.35. The van der Waals surface area contributed by atoms with Crippen LogP contribution < -0.4 is 19.1 Å². The third kappa shape index (κ3) is 5.00. The highest BCUT2D eigenvalue weighted by molar-refractivity contribution is 6.51. The van der Waals surface area contributed by atoms with Crippen LogP contribution in [0.1, 0.15) is 36.1 Å². The topological polar surface area (TPSA) is 85.3 Å². The van der Waals surface area contributed by atoms with E-state index in [2.05, 4.69) is 0 Å². The molecule has 4 rings (SSSR count). The van der Waals surface area contributed by atoms with Gasteiger partial charge in [-0.25, -0.2) is 0 Å². The Morgan fingerprint density at radius 1 is 1.00 bits per heavy atom. The SMILES string of the molecule is CCCOc1cccc(C2/C(=C(\O)c3cc(C)cc(Cl)c3OC)C(=O)C(=O)N2c2cccc(OC)c2)c1. The lowest BCUT2D eigenvalue weighted by atomic mass is 9.94. The lowest BCUT2D eigenvalue weighted by Gasteiger charge is -2.26. The standard InChI is InChI=1S/C29H28ClNO6/c1-5-12-37-21-11-6-8-18(15-21)25-24(26(32)22-13-17(2)14-23(30)28(22)36-4)27(33)29(34)31(25)19-9-7-10-20(16-19)35-3/h6-11,13-16,25,32H,5,12H2,1-4H3/b26-24+. The van der Waals surface area contributed by atoms with Crippen molar-refractivity contribution in [2.24, 2.45) is 0 Å². The summed E-state index contributed by atoms with van der Waals surface area (Å²) < 4.78 is 16.6. The summed E-state index contributed by atoms with van der Waals surface area (Å²) in [5.74, 6) is -0.674. The van der Waals surface area contributed by atoms with Gasteiger partial charge in [-0.05, 0) is 60.9 Å². The minimum absolute atomic E-state index is 0.0829. The van der Waals surface area contributed by atoms with Crippen molar-refractivity contribution in [3.63, 3.8) is 0 Å². The van der Waals surface area contributed by atoms with Crippen LogP contribution in [0.25, 0.3) is 5.76 Å². The normalized spacial score (nSPS) is 16.7. The zero-order valence-electron chi connectivity index (χ0n) is 21.1. The summed E-state index contributed by atoms with van der Waals surface area (Å²) in [5, 5.41) is 11.8. The molecule has 1 heterocycles. The third-order valence-electron chi connectivity index (χ3n) is 6.07. The quantitative estimate of drug-likeness (QED) is 0.220. The number of aryl methyl sites for hydroxylation is 1. The Hall–Kier alpha value is -3.97. The van der Waals surface area contributed by atoms with Gasteiger partial charge in [0.2, 0.25) is 0 Å². The fourth-order valence-corrected chi connectivity index (χ4v) is 4.78. The number of amides is 1. The minimum Gasteiger partial charge on any atom is -0.507 e. The Morgan fingerprint density at radius 3 is 2.43 bits per heavy atom. The molecule has 7 nitrogen and oxygen atoms in total. The molecule has 37 heavy (non-hydrogen) atoms. The first-order valence-corrected chi connectivity index (χ1v) is 12.2. The van der Waals surface area contributed by atoms with E-state index in [-0.39, 0.29) is 27.7 Å². The van der Waals surface area contributed by atoms with Crippen LogP contribution in [-0.4, -0.2) is 37.6 Å². The molecule has 1 unspecified atom stereocenters. The number of hydrogen-bond donors (Lipinski definition) is 1. The number of hydrogen-bond acceptors (Lipinski definition) is 6. The van der Waals surface area contributed by atoms with Crippen LogP contribution in [0.4, 0.5) is 5.69 Å². The molecule has 0 spiro atoms. The summed E-state index contributed by atoms with van der Waals surface area (Å²) in [6.07, 6.45) is 0.820. The number of ether oxygens (including phenoxy) is 3. The van der Waals surface area contributed by atoms with Crippen molar-refractivity contribution in [3.05, 3.63) is 87.9 Å². The minimum atomic E-state index is -0.943. The predicted molar refractivity (Wildman–Crippen MR) is 143 cm³/mol. The van der Waals surface area contributed by atoms with Gasteiger partial charge in [-0.1, -0.05) is 36.7 Å². The van der Waals surface area contributed by atoms with Gasteiger partial charge in [0.25, 0.3) is 11.7 Å². The fraction of sp³-hybridized carbons (Fsp3) is 0.241. The lowest BCUT2D eigenvalue weighted by Crippen LogP contribution is -2.29. The number of methoxy groups -OCH3 is 2. The number of ketones is 1. The first-order chi connectivity index (χ1) is 17.8. The molecule has 1 atom stereocenters. The molecular weight excluding hydrogens is 494 g/mol. The second-order valence-corrected chi connectivity index (χ2v) is 9.03. The Bertz CT molecular complexity index is 1380. The Kier molecular flexibility index (Phi) is 7.74. The van der Waals surface area contributed by atoms with Crippen LogP contribution in [0, 0.1) is 6.92 Å². The number of aliphatic hydroxyl groups is 1. The van der Waals surface area contributed by atoms with Crippen LogP contribution in [0.3, 0.4) is 0 Å². The van der Waals surface area contributed by atoms with Crippen molar-refractivity contribution in [2.75, 3.05) is 25.7 Å². The number of nitrogens with zero attached hydrogens (tertiary/aromatic N) is 1. The molecule has 1 aliphatic rings. The molecule has 0 radical (unpaired) electrons.